The summed E-state index contributed by atoms with van der Waals surface area (Å²) >= 11 is 12.7. The topological polar surface area (TPSA) is 96.0 Å². The number of nitrogens with zero attached hydrogens (tertiary/aromatic N) is 2. The minimum absolute atomic E-state index is 0.00411. The van der Waals surface area contributed by atoms with Crippen molar-refractivity contribution in [3.8, 4) is 5.75 Å². The van der Waals surface area contributed by atoms with Crippen molar-refractivity contribution < 1.29 is 22.7 Å². The summed E-state index contributed by atoms with van der Waals surface area (Å²) in [5.41, 5.74) is 1.54. The van der Waals surface area contributed by atoms with Crippen molar-refractivity contribution in [1.29, 1.82) is 0 Å². The lowest BCUT2D eigenvalue weighted by Crippen LogP contribution is -2.53. The van der Waals surface area contributed by atoms with Crippen molar-refractivity contribution in [3.05, 3.63) is 124 Å². The van der Waals surface area contributed by atoms with Crippen molar-refractivity contribution >= 4 is 50.7 Å². The predicted octanol–water partition coefficient (Wildman–Crippen LogP) is 5.97. The Kier molecular flexibility index (Phi) is 11.3. The molecule has 0 heterocycles. The Balaban J connectivity index is 1.83. The molecule has 0 spiro atoms. The molecule has 1 N–H and O–H groups in total. The number of halogens is 2. The number of carbonyl (C=O) groups excluding carboxylic acids is 2. The quantitative estimate of drug-likeness (QED) is 0.192. The zero-order chi connectivity index (χ0) is 31.7. The van der Waals surface area contributed by atoms with Crippen LogP contribution in [0.1, 0.15) is 18.1 Å². The number of ether oxygens (including phenoxy) is 1. The first kappa shape index (κ1) is 32.9. The number of para-hydroxylation sites is 2. The van der Waals surface area contributed by atoms with E-state index < -0.39 is 28.5 Å². The molecule has 4 rings (SSSR count). The molecule has 0 radical (unpaired) electrons. The first-order chi connectivity index (χ1) is 21.1. The number of carbonyl (C=O) groups is 2. The zero-order valence-corrected chi connectivity index (χ0v) is 26.6. The average molecular weight is 655 g/mol. The molecule has 0 unspecified atom stereocenters. The molecule has 0 aromatic heterocycles. The number of rotatable bonds is 13. The SMILES string of the molecule is CCNC(=O)[C@@H](Cc1ccccc1)N(Cc1ccc(Cl)cc1Cl)C(=O)CN(c1ccccc1OC)S(=O)(=O)c1ccccc1. The van der Waals surface area contributed by atoms with Crippen LogP contribution in [-0.4, -0.2) is 51.4 Å². The number of nitrogens with one attached hydrogen (secondary N) is 1. The molecule has 0 aliphatic heterocycles. The van der Waals surface area contributed by atoms with Gasteiger partial charge in [-0.15, -0.1) is 0 Å². The van der Waals surface area contributed by atoms with Gasteiger partial charge >= 0.3 is 0 Å². The fraction of sp³-hybridized carbons (Fsp3) is 0.212. The molecule has 1 atom stereocenters. The number of sulfonamides is 1. The van der Waals surface area contributed by atoms with Gasteiger partial charge in [0.2, 0.25) is 11.8 Å². The molecule has 8 nitrogen and oxygen atoms in total. The van der Waals surface area contributed by atoms with Crippen LogP contribution in [0, 0.1) is 0 Å². The van der Waals surface area contributed by atoms with Gasteiger partial charge in [-0.25, -0.2) is 8.42 Å². The van der Waals surface area contributed by atoms with Crippen LogP contribution in [0.25, 0.3) is 0 Å². The van der Waals surface area contributed by atoms with Crippen molar-refractivity contribution in [2.75, 3.05) is 24.5 Å². The summed E-state index contributed by atoms with van der Waals surface area (Å²) < 4.78 is 34.7. The van der Waals surface area contributed by atoms with Gasteiger partial charge in [-0.2, -0.15) is 0 Å². The van der Waals surface area contributed by atoms with Crippen LogP contribution in [0.5, 0.6) is 5.75 Å². The number of amides is 2. The molecule has 0 saturated heterocycles. The van der Waals surface area contributed by atoms with E-state index in [-0.39, 0.29) is 35.2 Å². The summed E-state index contributed by atoms with van der Waals surface area (Å²) in [6.45, 7) is 1.43. The second-order valence-corrected chi connectivity index (χ2v) is 12.6. The summed E-state index contributed by atoms with van der Waals surface area (Å²) in [6, 6.07) is 27.6. The molecule has 0 bridgehead atoms. The fourth-order valence-corrected chi connectivity index (χ4v) is 6.66. The summed E-state index contributed by atoms with van der Waals surface area (Å²) in [4.78, 5) is 29.4. The third-order valence-corrected chi connectivity index (χ3v) is 9.30. The van der Waals surface area contributed by atoms with Gasteiger partial charge in [0.15, 0.2) is 0 Å². The van der Waals surface area contributed by atoms with Gasteiger partial charge in [0.25, 0.3) is 10.0 Å². The minimum atomic E-state index is -4.26. The molecular formula is C33H33Cl2N3O5S. The molecule has 0 aliphatic carbocycles. The molecule has 4 aromatic carbocycles. The molecule has 11 heteroatoms. The third kappa shape index (κ3) is 7.91. The second-order valence-electron chi connectivity index (χ2n) is 9.85. The van der Waals surface area contributed by atoms with E-state index in [0.29, 0.717) is 22.2 Å². The number of hydrogen-bond acceptors (Lipinski definition) is 5. The molecule has 44 heavy (non-hydrogen) atoms. The molecular weight excluding hydrogens is 621 g/mol. The lowest BCUT2D eigenvalue weighted by molar-refractivity contribution is -0.140. The van der Waals surface area contributed by atoms with Crippen LogP contribution in [0.15, 0.2) is 108 Å². The monoisotopic (exact) mass is 653 g/mol. The molecule has 230 valence electrons. The number of benzene rings is 4. The normalized spacial score (nSPS) is 11.8. The Morgan fingerprint density at radius 2 is 1.52 bits per heavy atom. The highest BCUT2D eigenvalue weighted by molar-refractivity contribution is 7.92. The highest BCUT2D eigenvalue weighted by Gasteiger charge is 2.35. The van der Waals surface area contributed by atoms with Gasteiger partial charge in [0.1, 0.15) is 18.3 Å². The Morgan fingerprint density at radius 3 is 2.16 bits per heavy atom. The highest BCUT2D eigenvalue weighted by atomic mass is 35.5. The summed E-state index contributed by atoms with van der Waals surface area (Å²) in [5.74, 6) is -0.741. The summed E-state index contributed by atoms with van der Waals surface area (Å²) in [6.07, 6.45) is 0.184. The second kappa shape index (κ2) is 15.1. The van der Waals surface area contributed by atoms with Crippen LogP contribution in [0.4, 0.5) is 5.69 Å². The van der Waals surface area contributed by atoms with E-state index in [1.807, 2.05) is 30.3 Å². The van der Waals surface area contributed by atoms with Crippen LogP contribution in [-0.2, 0) is 32.6 Å². The van der Waals surface area contributed by atoms with Gasteiger partial charge in [-0.1, -0.05) is 89.9 Å². The maximum absolute atomic E-state index is 14.5. The van der Waals surface area contributed by atoms with Gasteiger partial charge < -0.3 is 15.0 Å². The number of likely N-dealkylation sites (N-methyl/N-ethyl adjacent to an activating group) is 1. The molecule has 2 amide bonds. The standard InChI is InChI=1S/C33H33Cl2N3O5S/c1-3-36-33(40)30(20-24-12-6-4-7-13-24)37(22-25-18-19-26(34)21-28(25)35)32(39)23-38(29-16-10-11-17-31(29)43-2)44(41,42)27-14-8-5-9-15-27/h4-19,21,30H,3,20,22-23H2,1-2H3,(H,36,40)/t30-/m1/s1. The van der Waals surface area contributed by atoms with Crippen molar-refractivity contribution in [2.24, 2.45) is 0 Å². The summed E-state index contributed by atoms with van der Waals surface area (Å²) in [7, 11) is -2.83. The maximum atomic E-state index is 14.5. The Hall–Kier alpha value is -4.05. The van der Waals surface area contributed by atoms with Crippen molar-refractivity contribution in [2.45, 2.75) is 30.8 Å². The van der Waals surface area contributed by atoms with E-state index in [4.69, 9.17) is 27.9 Å². The van der Waals surface area contributed by atoms with Gasteiger partial charge in [-0.3, -0.25) is 13.9 Å². The summed E-state index contributed by atoms with van der Waals surface area (Å²) in [5, 5.41) is 3.55. The molecule has 0 saturated carbocycles. The number of methoxy groups -OCH3 is 1. The smallest absolute Gasteiger partial charge is 0.264 e. The van der Waals surface area contributed by atoms with E-state index in [0.717, 1.165) is 9.87 Å². The largest absolute Gasteiger partial charge is 0.495 e. The van der Waals surface area contributed by atoms with E-state index in [1.54, 1.807) is 67.6 Å². The van der Waals surface area contributed by atoms with Crippen molar-refractivity contribution in [3.63, 3.8) is 0 Å². The van der Waals surface area contributed by atoms with Crippen LogP contribution >= 0.6 is 23.2 Å². The van der Waals surface area contributed by atoms with E-state index in [9.17, 15) is 18.0 Å². The maximum Gasteiger partial charge on any atom is 0.264 e. The van der Waals surface area contributed by atoms with Crippen molar-refractivity contribution in [1.82, 2.24) is 10.2 Å². The Bertz CT molecular complexity index is 1690. The zero-order valence-electron chi connectivity index (χ0n) is 24.3. The van der Waals surface area contributed by atoms with E-state index in [2.05, 4.69) is 5.32 Å². The predicted molar refractivity (Wildman–Crippen MR) is 174 cm³/mol. The first-order valence-corrected chi connectivity index (χ1v) is 16.1. The third-order valence-electron chi connectivity index (χ3n) is 6.94. The van der Waals surface area contributed by atoms with Crippen LogP contribution in [0.3, 0.4) is 0 Å². The van der Waals surface area contributed by atoms with E-state index in [1.165, 1.54) is 24.1 Å². The average Bonchev–Trinajstić information content (AvgIpc) is 3.03. The molecule has 4 aromatic rings. The van der Waals surface area contributed by atoms with Crippen LogP contribution < -0.4 is 14.4 Å². The molecule has 0 fully saturated rings. The minimum Gasteiger partial charge on any atom is -0.495 e. The Morgan fingerprint density at radius 1 is 0.886 bits per heavy atom. The number of hydrogen-bond donors (Lipinski definition) is 1. The van der Waals surface area contributed by atoms with Crippen LogP contribution in [0.2, 0.25) is 10.0 Å². The molecule has 0 aliphatic rings. The highest BCUT2D eigenvalue weighted by Crippen LogP contribution is 2.33. The number of anilines is 1. The fourth-order valence-electron chi connectivity index (χ4n) is 4.75. The first-order valence-electron chi connectivity index (χ1n) is 13.9. The lowest BCUT2D eigenvalue weighted by Gasteiger charge is -2.34. The Labute approximate surface area is 268 Å². The van der Waals surface area contributed by atoms with Gasteiger partial charge in [0.05, 0.1) is 17.7 Å². The van der Waals surface area contributed by atoms with Gasteiger partial charge in [0, 0.05) is 29.6 Å². The van der Waals surface area contributed by atoms with E-state index >= 15 is 0 Å². The van der Waals surface area contributed by atoms with Gasteiger partial charge in [-0.05, 0) is 54.4 Å². The lowest BCUT2D eigenvalue weighted by atomic mass is 10.0.